The lowest BCUT2D eigenvalue weighted by Crippen LogP contribution is -1.90. The summed E-state index contributed by atoms with van der Waals surface area (Å²) >= 11 is 4.93. The lowest BCUT2D eigenvalue weighted by atomic mass is 10.1. The maximum absolute atomic E-state index is 9.47. The number of aliphatic hydroxyl groups is 1. The zero-order valence-electron chi connectivity index (χ0n) is 9.48. The molecule has 0 bridgehead atoms. The van der Waals surface area contributed by atoms with Crippen LogP contribution >= 0.6 is 27.7 Å². The minimum Gasteiger partial charge on any atom is -0.439 e. The molecule has 0 spiro atoms. The largest absolute Gasteiger partial charge is 0.439 e. The molecule has 0 amide bonds. The van der Waals surface area contributed by atoms with Crippen LogP contribution in [0.4, 0.5) is 0 Å². The summed E-state index contributed by atoms with van der Waals surface area (Å²) in [5.74, 6) is 0. The van der Waals surface area contributed by atoms with Gasteiger partial charge in [-0.2, -0.15) is 0 Å². The van der Waals surface area contributed by atoms with Crippen molar-refractivity contribution in [3.05, 3.63) is 40.2 Å². The number of rotatable bonds is 3. The topological polar surface area (TPSA) is 46.3 Å². The van der Waals surface area contributed by atoms with E-state index in [1.165, 1.54) is 11.8 Å². The normalized spacial score (nSPS) is 12.7. The summed E-state index contributed by atoms with van der Waals surface area (Å²) in [6, 6.07) is 5.74. The van der Waals surface area contributed by atoms with Gasteiger partial charge in [0.15, 0.2) is 0 Å². The average molecular weight is 314 g/mol. The van der Waals surface area contributed by atoms with Crippen molar-refractivity contribution in [1.82, 2.24) is 4.98 Å². The fourth-order valence-electron chi connectivity index (χ4n) is 1.33. The Balaban J connectivity index is 2.22. The van der Waals surface area contributed by atoms with Crippen LogP contribution in [-0.2, 0) is 0 Å². The van der Waals surface area contributed by atoms with Gasteiger partial charge in [-0.15, -0.1) is 0 Å². The number of benzene rings is 1. The van der Waals surface area contributed by atoms with Crippen LogP contribution < -0.4 is 0 Å². The lowest BCUT2D eigenvalue weighted by molar-refractivity contribution is 0.199. The first-order valence-electron chi connectivity index (χ1n) is 5.14. The van der Waals surface area contributed by atoms with Gasteiger partial charge in [0.2, 0.25) is 0 Å². The van der Waals surface area contributed by atoms with Crippen LogP contribution in [0.2, 0.25) is 0 Å². The molecule has 90 valence electrons. The second-order valence-electron chi connectivity index (χ2n) is 3.72. The summed E-state index contributed by atoms with van der Waals surface area (Å²) in [5, 5.41) is 10.1. The average Bonchev–Trinajstić information content (AvgIpc) is 2.67. The van der Waals surface area contributed by atoms with Crippen LogP contribution in [0.1, 0.15) is 24.3 Å². The van der Waals surface area contributed by atoms with E-state index in [2.05, 4.69) is 20.9 Å². The molecule has 1 aromatic carbocycles. The van der Waals surface area contributed by atoms with Crippen molar-refractivity contribution in [2.75, 3.05) is 0 Å². The minimum atomic E-state index is -0.464. The molecule has 1 heterocycles. The van der Waals surface area contributed by atoms with Crippen LogP contribution in [-0.4, -0.2) is 10.1 Å². The lowest BCUT2D eigenvalue weighted by Gasteiger charge is -2.07. The highest BCUT2D eigenvalue weighted by Gasteiger charge is 2.09. The fraction of sp³-hybridized carbons (Fsp3) is 0.250. The highest BCUT2D eigenvalue weighted by atomic mass is 79.9. The molecule has 17 heavy (non-hydrogen) atoms. The van der Waals surface area contributed by atoms with Gasteiger partial charge < -0.3 is 9.52 Å². The fourth-order valence-corrected chi connectivity index (χ4v) is 2.74. The molecule has 0 saturated carbocycles. The van der Waals surface area contributed by atoms with Crippen molar-refractivity contribution in [2.45, 2.75) is 30.1 Å². The van der Waals surface area contributed by atoms with E-state index in [1.54, 1.807) is 13.2 Å². The first-order chi connectivity index (χ1) is 8.06. The van der Waals surface area contributed by atoms with Gasteiger partial charge in [0.1, 0.15) is 6.26 Å². The molecule has 5 heteroatoms. The zero-order valence-corrected chi connectivity index (χ0v) is 11.9. The third kappa shape index (κ3) is 3.12. The standard InChI is InChI=1S/C12H12BrNO2S/c1-7-6-16-12(14-7)17-11-4-3-9(8(2)15)5-10(11)13/h3-6,8,15H,1-2H3/t8-/m1/s1. The van der Waals surface area contributed by atoms with Gasteiger partial charge in [0.25, 0.3) is 5.22 Å². The molecule has 0 saturated heterocycles. The quantitative estimate of drug-likeness (QED) is 0.932. The molecular formula is C12H12BrNO2S. The minimum absolute atomic E-state index is 0.464. The van der Waals surface area contributed by atoms with E-state index in [0.29, 0.717) is 5.22 Å². The van der Waals surface area contributed by atoms with Gasteiger partial charge in [-0.25, -0.2) is 4.98 Å². The van der Waals surface area contributed by atoms with E-state index < -0.39 is 6.10 Å². The van der Waals surface area contributed by atoms with E-state index in [9.17, 15) is 5.11 Å². The van der Waals surface area contributed by atoms with Crippen molar-refractivity contribution in [3.63, 3.8) is 0 Å². The maximum atomic E-state index is 9.47. The van der Waals surface area contributed by atoms with E-state index in [0.717, 1.165) is 20.6 Å². The Morgan fingerprint density at radius 3 is 2.76 bits per heavy atom. The van der Waals surface area contributed by atoms with Crippen molar-refractivity contribution in [3.8, 4) is 0 Å². The summed E-state index contributed by atoms with van der Waals surface area (Å²) in [5.41, 5.74) is 1.74. The number of aromatic nitrogens is 1. The summed E-state index contributed by atoms with van der Waals surface area (Å²) in [6.07, 6.45) is 1.16. The number of aliphatic hydroxyl groups excluding tert-OH is 1. The van der Waals surface area contributed by atoms with Gasteiger partial charge in [-0.3, -0.25) is 0 Å². The summed E-state index contributed by atoms with van der Waals surface area (Å²) < 4.78 is 6.21. The summed E-state index contributed by atoms with van der Waals surface area (Å²) in [7, 11) is 0. The Hall–Kier alpha value is -0.780. The van der Waals surface area contributed by atoms with E-state index in [-0.39, 0.29) is 0 Å². The van der Waals surface area contributed by atoms with E-state index >= 15 is 0 Å². The Morgan fingerprint density at radius 2 is 2.24 bits per heavy atom. The second kappa shape index (κ2) is 5.25. The van der Waals surface area contributed by atoms with Crippen LogP contribution in [0.15, 0.2) is 43.5 Å². The first kappa shape index (κ1) is 12.7. The number of hydrogen-bond donors (Lipinski definition) is 1. The molecule has 1 N–H and O–H groups in total. The van der Waals surface area contributed by atoms with Crippen LogP contribution in [0.5, 0.6) is 0 Å². The molecule has 3 nitrogen and oxygen atoms in total. The Kier molecular flexibility index (Phi) is 3.91. The Labute approximate surface area is 112 Å². The number of nitrogens with zero attached hydrogens (tertiary/aromatic N) is 1. The number of hydrogen-bond acceptors (Lipinski definition) is 4. The highest BCUT2D eigenvalue weighted by molar-refractivity contribution is 9.10. The van der Waals surface area contributed by atoms with Crippen LogP contribution in [0.3, 0.4) is 0 Å². The van der Waals surface area contributed by atoms with Crippen molar-refractivity contribution < 1.29 is 9.52 Å². The molecule has 0 fully saturated rings. The van der Waals surface area contributed by atoms with Gasteiger partial charge in [0, 0.05) is 9.37 Å². The number of oxazole rings is 1. The summed E-state index contributed by atoms with van der Waals surface area (Å²) in [6.45, 7) is 3.63. The number of aryl methyl sites for hydroxylation is 1. The summed E-state index contributed by atoms with van der Waals surface area (Å²) in [4.78, 5) is 5.24. The predicted octanol–water partition coefficient (Wildman–Crippen LogP) is 3.95. The molecule has 0 aliphatic heterocycles. The highest BCUT2D eigenvalue weighted by Crippen LogP contribution is 2.34. The predicted molar refractivity (Wildman–Crippen MR) is 70.1 cm³/mol. The van der Waals surface area contributed by atoms with Crippen LogP contribution in [0, 0.1) is 6.92 Å². The molecular weight excluding hydrogens is 302 g/mol. The molecule has 2 rings (SSSR count). The van der Waals surface area contributed by atoms with Crippen molar-refractivity contribution >= 4 is 27.7 Å². The molecule has 1 atom stereocenters. The van der Waals surface area contributed by atoms with Gasteiger partial charge in [-0.1, -0.05) is 6.07 Å². The smallest absolute Gasteiger partial charge is 0.260 e. The van der Waals surface area contributed by atoms with E-state index in [4.69, 9.17) is 4.42 Å². The van der Waals surface area contributed by atoms with E-state index in [1.807, 2.05) is 25.1 Å². The van der Waals surface area contributed by atoms with Gasteiger partial charge in [-0.05, 0) is 59.2 Å². The van der Waals surface area contributed by atoms with Crippen LogP contribution in [0.25, 0.3) is 0 Å². The number of halogens is 1. The van der Waals surface area contributed by atoms with Crippen molar-refractivity contribution in [2.24, 2.45) is 0 Å². The SMILES string of the molecule is Cc1coc(Sc2ccc([C@@H](C)O)cc2Br)n1. The molecule has 0 aliphatic rings. The third-order valence-electron chi connectivity index (χ3n) is 2.23. The first-order valence-corrected chi connectivity index (χ1v) is 6.74. The van der Waals surface area contributed by atoms with Crippen molar-refractivity contribution in [1.29, 1.82) is 0 Å². The van der Waals surface area contributed by atoms with Gasteiger partial charge >= 0.3 is 0 Å². The monoisotopic (exact) mass is 313 g/mol. The maximum Gasteiger partial charge on any atom is 0.260 e. The molecule has 0 radical (unpaired) electrons. The molecule has 1 aromatic heterocycles. The Bertz CT molecular complexity index is 525. The third-order valence-corrected chi connectivity index (χ3v) is 4.09. The molecule has 0 aliphatic carbocycles. The molecule has 2 aromatic rings. The second-order valence-corrected chi connectivity index (χ2v) is 5.57. The molecule has 0 unspecified atom stereocenters. The Morgan fingerprint density at radius 1 is 1.47 bits per heavy atom. The van der Waals surface area contributed by atoms with Gasteiger partial charge in [0.05, 0.1) is 11.8 Å². The zero-order chi connectivity index (χ0) is 12.4.